The van der Waals surface area contributed by atoms with E-state index in [0.717, 1.165) is 12.0 Å². The number of rotatable bonds is 9. The standard InChI is InChI=1S/C27H28BrN3O3S/c1-18(2)14-15-34-24-13-10-21(16-23(24)28)26(33)31-27(35)30-22-11-8-20(9-12-22)25(32)29-17-19-6-4-3-5-7-19/h3-13,16,18H,14-15,17H2,1-2H3,(H,29,32)(H2,30,31,33,35). The molecule has 0 atom stereocenters. The molecule has 182 valence electrons. The van der Waals surface area contributed by atoms with Crippen molar-refractivity contribution in [1.82, 2.24) is 10.6 Å². The zero-order valence-corrected chi connectivity index (χ0v) is 22.0. The minimum atomic E-state index is -0.339. The molecule has 3 aromatic carbocycles. The Morgan fingerprint density at radius 3 is 2.29 bits per heavy atom. The summed E-state index contributed by atoms with van der Waals surface area (Å²) in [5.41, 5.74) is 2.66. The Hall–Kier alpha value is -3.23. The first-order valence-electron chi connectivity index (χ1n) is 11.3. The van der Waals surface area contributed by atoms with Crippen molar-refractivity contribution in [2.75, 3.05) is 11.9 Å². The molecule has 0 radical (unpaired) electrons. The second-order valence-corrected chi connectivity index (χ2v) is 9.59. The van der Waals surface area contributed by atoms with Crippen molar-refractivity contribution in [2.45, 2.75) is 26.8 Å². The van der Waals surface area contributed by atoms with Crippen LogP contribution in [-0.4, -0.2) is 23.5 Å². The van der Waals surface area contributed by atoms with E-state index in [9.17, 15) is 9.59 Å². The third kappa shape index (κ3) is 8.49. The lowest BCUT2D eigenvalue weighted by Crippen LogP contribution is -2.34. The number of benzene rings is 3. The molecule has 6 nitrogen and oxygen atoms in total. The molecule has 0 aliphatic rings. The molecular weight excluding hydrogens is 526 g/mol. The van der Waals surface area contributed by atoms with Crippen LogP contribution in [0.4, 0.5) is 5.69 Å². The van der Waals surface area contributed by atoms with Crippen LogP contribution < -0.4 is 20.7 Å². The van der Waals surface area contributed by atoms with Gasteiger partial charge in [0.05, 0.1) is 11.1 Å². The summed E-state index contributed by atoms with van der Waals surface area (Å²) in [5, 5.41) is 8.67. The Kier molecular flexibility index (Phi) is 9.81. The molecule has 0 bridgehead atoms. The molecule has 0 spiro atoms. The normalized spacial score (nSPS) is 10.5. The number of hydrogen-bond donors (Lipinski definition) is 3. The van der Waals surface area contributed by atoms with Gasteiger partial charge in [-0.3, -0.25) is 14.9 Å². The summed E-state index contributed by atoms with van der Waals surface area (Å²) >= 11 is 8.73. The van der Waals surface area contributed by atoms with Gasteiger partial charge in [-0.05, 0) is 88.5 Å². The predicted molar refractivity (Wildman–Crippen MR) is 147 cm³/mol. The predicted octanol–water partition coefficient (Wildman–Crippen LogP) is 5.93. The van der Waals surface area contributed by atoms with Gasteiger partial charge in [0.1, 0.15) is 5.75 Å². The highest BCUT2D eigenvalue weighted by atomic mass is 79.9. The SMILES string of the molecule is CC(C)CCOc1ccc(C(=O)NC(=S)Nc2ccc(C(=O)NCc3ccccc3)cc2)cc1Br. The molecule has 0 fully saturated rings. The molecule has 3 aromatic rings. The number of nitrogens with one attached hydrogen (secondary N) is 3. The lowest BCUT2D eigenvalue weighted by atomic mass is 10.1. The molecule has 8 heteroatoms. The van der Waals surface area contributed by atoms with E-state index in [1.54, 1.807) is 42.5 Å². The van der Waals surface area contributed by atoms with E-state index in [1.807, 2.05) is 30.3 Å². The minimum Gasteiger partial charge on any atom is -0.492 e. The third-order valence-corrected chi connectivity index (χ3v) is 5.90. The highest BCUT2D eigenvalue weighted by Crippen LogP contribution is 2.26. The van der Waals surface area contributed by atoms with Crippen molar-refractivity contribution in [3.05, 3.63) is 94.0 Å². The van der Waals surface area contributed by atoms with Gasteiger partial charge < -0.3 is 15.4 Å². The van der Waals surface area contributed by atoms with Gasteiger partial charge in [0.25, 0.3) is 11.8 Å². The Labute approximate surface area is 219 Å². The van der Waals surface area contributed by atoms with E-state index in [4.69, 9.17) is 17.0 Å². The first-order valence-corrected chi connectivity index (χ1v) is 12.5. The number of ether oxygens (including phenoxy) is 1. The molecule has 3 N–H and O–H groups in total. The summed E-state index contributed by atoms with van der Waals surface area (Å²) in [5.74, 6) is 0.739. The molecule has 0 heterocycles. The molecule has 0 saturated carbocycles. The molecule has 0 aliphatic carbocycles. The van der Waals surface area contributed by atoms with Crippen molar-refractivity contribution in [3.8, 4) is 5.75 Å². The van der Waals surface area contributed by atoms with Gasteiger partial charge >= 0.3 is 0 Å². The fourth-order valence-electron chi connectivity index (χ4n) is 3.09. The lowest BCUT2D eigenvalue weighted by molar-refractivity contribution is 0.0948. The smallest absolute Gasteiger partial charge is 0.257 e. The maximum atomic E-state index is 12.6. The zero-order chi connectivity index (χ0) is 25.2. The monoisotopic (exact) mass is 553 g/mol. The molecule has 0 aromatic heterocycles. The first kappa shape index (κ1) is 26.4. The van der Waals surface area contributed by atoms with Crippen LogP contribution in [0.15, 0.2) is 77.3 Å². The maximum Gasteiger partial charge on any atom is 0.257 e. The van der Waals surface area contributed by atoms with Crippen molar-refractivity contribution in [3.63, 3.8) is 0 Å². The fraction of sp³-hybridized carbons (Fsp3) is 0.222. The van der Waals surface area contributed by atoms with E-state index in [-0.39, 0.29) is 16.9 Å². The number of halogens is 1. The van der Waals surface area contributed by atoms with E-state index in [0.29, 0.717) is 46.1 Å². The van der Waals surface area contributed by atoms with Crippen LogP contribution in [0.3, 0.4) is 0 Å². The van der Waals surface area contributed by atoms with Crippen molar-refractivity contribution < 1.29 is 14.3 Å². The summed E-state index contributed by atoms with van der Waals surface area (Å²) in [6.45, 7) is 5.35. The van der Waals surface area contributed by atoms with Gasteiger partial charge in [0, 0.05) is 23.4 Å². The summed E-state index contributed by atoms with van der Waals surface area (Å²) < 4.78 is 6.46. The average molecular weight is 555 g/mol. The molecule has 0 aliphatic heterocycles. The molecule has 0 unspecified atom stereocenters. The maximum absolute atomic E-state index is 12.6. The second-order valence-electron chi connectivity index (χ2n) is 8.33. The number of amides is 2. The van der Waals surface area contributed by atoms with E-state index >= 15 is 0 Å². The van der Waals surface area contributed by atoms with Crippen molar-refractivity contribution in [1.29, 1.82) is 0 Å². The van der Waals surface area contributed by atoms with E-state index in [2.05, 4.69) is 45.7 Å². The van der Waals surface area contributed by atoms with Gasteiger partial charge in [0.2, 0.25) is 0 Å². The number of thiocarbonyl (C=S) groups is 1. The molecule has 3 rings (SSSR count). The Morgan fingerprint density at radius 2 is 1.63 bits per heavy atom. The average Bonchev–Trinajstić information content (AvgIpc) is 2.84. The highest BCUT2D eigenvalue weighted by molar-refractivity contribution is 9.10. The van der Waals surface area contributed by atoms with Gasteiger partial charge in [-0.2, -0.15) is 0 Å². The zero-order valence-electron chi connectivity index (χ0n) is 19.6. The summed E-state index contributed by atoms with van der Waals surface area (Å²) in [6.07, 6.45) is 0.952. The van der Waals surface area contributed by atoms with Crippen molar-refractivity contribution >= 4 is 50.8 Å². The second kappa shape index (κ2) is 13.0. The molecule has 2 amide bonds. The van der Waals surface area contributed by atoms with Crippen LogP contribution in [-0.2, 0) is 6.54 Å². The van der Waals surface area contributed by atoms with Gasteiger partial charge in [0.15, 0.2) is 5.11 Å². The number of hydrogen-bond acceptors (Lipinski definition) is 4. The van der Waals surface area contributed by atoms with Gasteiger partial charge in [-0.15, -0.1) is 0 Å². The highest BCUT2D eigenvalue weighted by Gasteiger charge is 2.12. The molecular formula is C27H28BrN3O3S. The Bertz CT molecular complexity index is 1170. The number of carbonyl (C=O) groups excluding carboxylic acids is 2. The topological polar surface area (TPSA) is 79.5 Å². The Morgan fingerprint density at radius 1 is 0.943 bits per heavy atom. The first-order chi connectivity index (χ1) is 16.8. The summed E-state index contributed by atoms with van der Waals surface area (Å²) in [6, 6.07) is 21.7. The lowest BCUT2D eigenvalue weighted by Gasteiger charge is -2.12. The van der Waals surface area contributed by atoms with Crippen LogP contribution in [0, 0.1) is 5.92 Å². The molecule has 0 saturated heterocycles. The number of carbonyl (C=O) groups is 2. The minimum absolute atomic E-state index is 0.157. The van der Waals surface area contributed by atoms with Crippen LogP contribution in [0.1, 0.15) is 46.5 Å². The quantitative estimate of drug-likeness (QED) is 0.286. The van der Waals surface area contributed by atoms with Crippen LogP contribution >= 0.6 is 28.1 Å². The van der Waals surface area contributed by atoms with Crippen molar-refractivity contribution in [2.24, 2.45) is 5.92 Å². The Balaban J connectivity index is 1.49. The summed E-state index contributed by atoms with van der Waals surface area (Å²) in [4.78, 5) is 25.0. The van der Waals surface area contributed by atoms with Crippen LogP contribution in [0.25, 0.3) is 0 Å². The van der Waals surface area contributed by atoms with E-state index in [1.165, 1.54) is 0 Å². The fourth-order valence-corrected chi connectivity index (χ4v) is 3.79. The van der Waals surface area contributed by atoms with Crippen LogP contribution in [0.5, 0.6) is 5.75 Å². The largest absolute Gasteiger partial charge is 0.492 e. The summed E-state index contributed by atoms with van der Waals surface area (Å²) in [7, 11) is 0. The van der Waals surface area contributed by atoms with Gasteiger partial charge in [-0.25, -0.2) is 0 Å². The number of anilines is 1. The molecule has 35 heavy (non-hydrogen) atoms. The van der Waals surface area contributed by atoms with Gasteiger partial charge in [-0.1, -0.05) is 44.2 Å². The van der Waals surface area contributed by atoms with E-state index < -0.39 is 0 Å². The van der Waals surface area contributed by atoms with Crippen LogP contribution in [0.2, 0.25) is 0 Å². The third-order valence-electron chi connectivity index (χ3n) is 5.07.